The highest BCUT2D eigenvalue weighted by Crippen LogP contribution is 2.22. The van der Waals surface area contributed by atoms with E-state index in [4.69, 9.17) is 14.6 Å². The summed E-state index contributed by atoms with van der Waals surface area (Å²) in [4.78, 5) is 13.2. The van der Waals surface area contributed by atoms with Crippen molar-refractivity contribution in [2.75, 3.05) is 20.3 Å². The molecule has 0 spiro atoms. The summed E-state index contributed by atoms with van der Waals surface area (Å²) < 4.78 is 12.7. The second kappa shape index (κ2) is 8.41. The van der Waals surface area contributed by atoms with E-state index in [1.807, 2.05) is 22.2 Å². The van der Waals surface area contributed by atoms with Crippen LogP contribution in [0.2, 0.25) is 0 Å². The molecule has 0 saturated heterocycles. The molecule has 1 N–H and O–H groups in total. The van der Waals surface area contributed by atoms with E-state index in [1.165, 1.54) is 5.69 Å². The number of methoxy groups -OCH3 is 1. The number of hydrogen-bond acceptors (Lipinski definition) is 5. The molecule has 0 unspecified atom stereocenters. The SMILES string of the molecule is COCCn1nc(CCC(=O)NCc2cccs2)c2c1CCOC2. The predicted molar refractivity (Wildman–Crippen MR) is 91.9 cm³/mol. The van der Waals surface area contributed by atoms with Gasteiger partial charge in [0.2, 0.25) is 5.91 Å². The minimum atomic E-state index is 0.0559. The van der Waals surface area contributed by atoms with Crippen LogP contribution in [0.3, 0.4) is 0 Å². The van der Waals surface area contributed by atoms with Gasteiger partial charge in [0, 0.05) is 42.5 Å². The van der Waals surface area contributed by atoms with Crippen LogP contribution in [0.5, 0.6) is 0 Å². The highest BCUT2D eigenvalue weighted by Gasteiger charge is 2.21. The summed E-state index contributed by atoms with van der Waals surface area (Å²) >= 11 is 1.65. The van der Waals surface area contributed by atoms with E-state index in [1.54, 1.807) is 18.4 Å². The fourth-order valence-corrected chi connectivity index (χ4v) is 3.51. The van der Waals surface area contributed by atoms with Gasteiger partial charge in [0.25, 0.3) is 0 Å². The van der Waals surface area contributed by atoms with Crippen LogP contribution in [0.4, 0.5) is 0 Å². The number of amides is 1. The topological polar surface area (TPSA) is 65.4 Å². The number of aryl methyl sites for hydroxylation is 1. The Hall–Kier alpha value is -1.70. The molecule has 0 aliphatic carbocycles. The summed E-state index contributed by atoms with van der Waals surface area (Å²) in [5, 5.41) is 9.67. The third kappa shape index (κ3) is 4.23. The number of thiophene rings is 1. The van der Waals surface area contributed by atoms with Gasteiger partial charge in [-0.05, 0) is 11.4 Å². The number of hydrogen-bond donors (Lipinski definition) is 1. The molecule has 2 aromatic rings. The van der Waals surface area contributed by atoms with Crippen LogP contribution in [0.25, 0.3) is 0 Å². The summed E-state index contributed by atoms with van der Waals surface area (Å²) in [6.45, 7) is 3.29. The lowest BCUT2D eigenvalue weighted by molar-refractivity contribution is -0.121. The first kappa shape index (κ1) is 17.1. The molecule has 0 radical (unpaired) electrons. The highest BCUT2D eigenvalue weighted by atomic mass is 32.1. The minimum Gasteiger partial charge on any atom is -0.383 e. The number of nitrogens with zero attached hydrogens (tertiary/aromatic N) is 2. The van der Waals surface area contributed by atoms with Crippen molar-refractivity contribution in [3.05, 3.63) is 39.3 Å². The largest absolute Gasteiger partial charge is 0.383 e. The van der Waals surface area contributed by atoms with Gasteiger partial charge in [0.1, 0.15) is 0 Å². The van der Waals surface area contributed by atoms with E-state index in [0.717, 1.165) is 35.7 Å². The molecule has 0 fully saturated rings. The Morgan fingerprint density at radius 2 is 2.46 bits per heavy atom. The van der Waals surface area contributed by atoms with Gasteiger partial charge in [-0.3, -0.25) is 9.48 Å². The average Bonchev–Trinajstić information content (AvgIpc) is 3.24. The molecule has 0 saturated carbocycles. The minimum absolute atomic E-state index is 0.0559. The Bertz CT molecular complexity index is 667. The van der Waals surface area contributed by atoms with Crippen molar-refractivity contribution in [1.29, 1.82) is 0 Å². The molecular weight excluding hydrogens is 326 g/mol. The number of carbonyl (C=O) groups excluding carboxylic acids is 1. The van der Waals surface area contributed by atoms with Crippen molar-refractivity contribution in [2.45, 2.75) is 39.0 Å². The summed E-state index contributed by atoms with van der Waals surface area (Å²) in [5.74, 6) is 0.0559. The van der Waals surface area contributed by atoms with E-state index in [0.29, 0.717) is 32.6 Å². The van der Waals surface area contributed by atoms with Gasteiger partial charge in [0.05, 0.1) is 38.6 Å². The normalized spacial score (nSPS) is 13.7. The standard InChI is InChI=1S/C17H23N3O3S/c1-22-9-7-20-16-6-8-23-12-14(16)15(19-20)4-5-17(21)18-11-13-3-2-10-24-13/h2-3,10H,4-9,11-12H2,1H3,(H,18,21). The third-order valence-electron chi connectivity index (χ3n) is 4.12. The highest BCUT2D eigenvalue weighted by molar-refractivity contribution is 7.09. The Morgan fingerprint density at radius 3 is 3.25 bits per heavy atom. The molecule has 0 aromatic carbocycles. The molecule has 2 aromatic heterocycles. The van der Waals surface area contributed by atoms with Gasteiger partial charge in [-0.25, -0.2) is 0 Å². The lowest BCUT2D eigenvalue weighted by atomic mass is 10.1. The van der Waals surface area contributed by atoms with Crippen molar-refractivity contribution in [3.8, 4) is 0 Å². The van der Waals surface area contributed by atoms with Gasteiger partial charge >= 0.3 is 0 Å². The van der Waals surface area contributed by atoms with Gasteiger partial charge in [-0.1, -0.05) is 6.07 Å². The lowest BCUT2D eigenvalue weighted by Crippen LogP contribution is -2.22. The van der Waals surface area contributed by atoms with Crippen LogP contribution in [0, 0.1) is 0 Å². The first-order valence-corrected chi connectivity index (χ1v) is 9.09. The number of carbonyl (C=O) groups is 1. The smallest absolute Gasteiger partial charge is 0.220 e. The quantitative estimate of drug-likeness (QED) is 0.791. The molecule has 1 amide bonds. The maximum atomic E-state index is 12.1. The summed E-state index contributed by atoms with van der Waals surface area (Å²) in [5.41, 5.74) is 3.36. The maximum absolute atomic E-state index is 12.1. The fraction of sp³-hybridized carbons (Fsp3) is 0.529. The molecule has 7 heteroatoms. The molecular formula is C17H23N3O3S. The van der Waals surface area contributed by atoms with Crippen molar-refractivity contribution >= 4 is 17.2 Å². The maximum Gasteiger partial charge on any atom is 0.220 e. The number of fused-ring (bicyclic) bond motifs is 1. The molecule has 1 aliphatic rings. The number of nitrogens with one attached hydrogen (secondary N) is 1. The zero-order valence-corrected chi connectivity index (χ0v) is 14.7. The molecule has 3 heterocycles. The van der Waals surface area contributed by atoms with E-state index >= 15 is 0 Å². The zero-order valence-electron chi connectivity index (χ0n) is 13.9. The molecule has 3 rings (SSSR count). The molecule has 1 aliphatic heterocycles. The number of ether oxygens (including phenoxy) is 2. The van der Waals surface area contributed by atoms with Crippen LogP contribution >= 0.6 is 11.3 Å². The Morgan fingerprint density at radius 1 is 1.54 bits per heavy atom. The Balaban J connectivity index is 1.57. The first-order valence-electron chi connectivity index (χ1n) is 8.21. The summed E-state index contributed by atoms with van der Waals surface area (Å²) in [7, 11) is 1.69. The fourth-order valence-electron chi connectivity index (χ4n) is 2.86. The number of aromatic nitrogens is 2. The average molecular weight is 349 g/mol. The monoisotopic (exact) mass is 349 g/mol. The van der Waals surface area contributed by atoms with Crippen LogP contribution in [-0.4, -0.2) is 36.0 Å². The third-order valence-corrected chi connectivity index (χ3v) is 4.99. The predicted octanol–water partition coefficient (Wildman–Crippen LogP) is 1.91. The molecule has 0 bridgehead atoms. The lowest BCUT2D eigenvalue weighted by Gasteiger charge is -2.15. The summed E-state index contributed by atoms with van der Waals surface area (Å²) in [6.07, 6.45) is 1.96. The van der Waals surface area contributed by atoms with Crippen molar-refractivity contribution in [2.24, 2.45) is 0 Å². The molecule has 0 atom stereocenters. The Labute approximate surface area is 145 Å². The van der Waals surface area contributed by atoms with Crippen LogP contribution in [0.15, 0.2) is 17.5 Å². The molecule has 130 valence electrons. The van der Waals surface area contributed by atoms with Gasteiger partial charge in [-0.15, -0.1) is 11.3 Å². The van der Waals surface area contributed by atoms with Gasteiger partial charge in [0.15, 0.2) is 0 Å². The summed E-state index contributed by atoms with van der Waals surface area (Å²) in [6, 6.07) is 4.02. The van der Waals surface area contributed by atoms with Gasteiger partial charge < -0.3 is 14.8 Å². The second-order valence-corrected chi connectivity index (χ2v) is 6.78. The van der Waals surface area contributed by atoms with E-state index in [2.05, 4.69) is 5.32 Å². The zero-order chi connectivity index (χ0) is 16.8. The van der Waals surface area contributed by atoms with Crippen LogP contribution in [0.1, 0.15) is 28.2 Å². The van der Waals surface area contributed by atoms with Crippen molar-refractivity contribution in [1.82, 2.24) is 15.1 Å². The second-order valence-electron chi connectivity index (χ2n) is 5.75. The number of rotatable bonds is 8. The Kier molecular flexibility index (Phi) is 6.01. The van der Waals surface area contributed by atoms with E-state index < -0.39 is 0 Å². The van der Waals surface area contributed by atoms with Crippen LogP contribution in [-0.2, 0) is 46.8 Å². The van der Waals surface area contributed by atoms with Crippen LogP contribution < -0.4 is 5.32 Å². The first-order chi connectivity index (χ1) is 11.8. The van der Waals surface area contributed by atoms with Crippen molar-refractivity contribution in [3.63, 3.8) is 0 Å². The van der Waals surface area contributed by atoms with E-state index in [9.17, 15) is 4.79 Å². The van der Waals surface area contributed by atoms with Crippen molar-refractivity contribution < 1.29 is 14.3 Å². The molecule has 24 heavy (non-hydrogen) atoms. The van der Waals surface area contributed by atoms with E-state index in [-0.39, 0.29) is 5.91 Å². The van der Waals surface area contributed by atoms with Gasteiger partial charge in [-0.2, -0.15) is 5.10 Å². The molecule has 6 nitrogen and oxygen atoms in total.